The Hall–Kier alpha value is -5.94. The molecule has 11 rings (SSSR count). The Morgan fingerprint density at radius 1 is 0.400 bits per heavy atom. The molecule has 0 unspecified atom stereocenters. The average molecular weight is 673 g/mol. The van der Waals surface area contributed by atoms with E-state index in [1.54, 1.807) is 0 Å². The van der Waals surface area contributed by atoms with Crippen LogP contribution in [0.2, 0.25) is 0 Å². The van der Waals surface area contributed by atoms with Crippen LogP contribution in [-0.4, -0.2) is 4.57 Å². The zero-order valence-electron chi connectivity index (χ0n) is 26.9. The molecule has 3 heterocycles. The van der Waals surface area contributed by atoms with E-state index in [1.807, 2.05) is 22.7 Å². The molecule has 0 N–H and O–H groups in total. The van der Waals surface area contributed by atoms with Crippen molar-refractivity contribution in [1.29, 1.82) is 0 Å². The summed E-state index contributed by atoms with van der Waals surface area (Å²) in [4.78, 5) is 2.51. The third-order valence-electron chi connectivity index (χ3n) is 10.2. The van der Waals surface area contributed by atoms with Gasteiger partial charge < -0.3 is 9.47 Å². The molecule has 0 spiro atoms. The number of rotatable bonds is 4. The van der Waals surface area contributed by atoms with Crippen LogP contribution < -0.4 is 4.90 Å². The molecule has 0 radical (unpaired) electrons. The Bertz CT molecular complexity index is 3000. The van der Waals surface area contributed by atoms with Gasteiger partial charge in [-0.1, -0.05) is 121 Å². The lowest BCUT2D eigenvalue weighted by atomic mass is 10.1. The van der Waals surface area contributed by atoms with E-state index in [0.717, 1.165) is 11.4 Å². The van der Waals surface area contributed by atoms with Gasteiger partial charge in [0.25, 0.3) is 0 Å². The lowest BCUT2D eigenvalue weighted by Gasteiger charge is -2.27. The van der Waals surface area contributed by atoms with Crippen molar-refractivity contribution in [2.75, 3.05) is 4.90 Å². The van der Waals surface area contributed by atoms with Gasteiger partial charge in [-0.15, -0.1) is 22.7 Å². The van der Waals surface area contributed by atoms with E-state index in [-0.39, 0.29) is 0 Å². The molecular weight excluding hydrogens is 645 g/mol. The van der Waals surface area contributed by atoms with Crippen molar-refractivity contribution in [3.63, 3.8) is 0 Å². The van der Waals surface area contributed by atoms with Crippen LogP contribution in [0.5, 0.6) is 0 Å². The predicted molar refractivity (Wildman–Crippen MR) is 219 cm³/mol. The van der Waals surface area contributed by atoms with Crippen LogP contribution in [0.15, 0.2) is 170 Å². The van der Waals surface area contributed by atoms with Crippen LogP contribution >= 0.6 is 22.7 Å². The summed E-state index contributed by atoms with van der Waals surface area (Å²) in [6.07, 6.45) is 0. The van der Waals surface area contributed by atoms with Gasteiger partial charge in [0.15, 0.2) is 0 Å². The fourth-order valence-corrected chi connectivity index (χ4v) is 10.4. The molecule has 8 aromatic carbocycles. The van der Waals surface area contributed by atoms with E-state index in [2.05, 4.69) is 179 Å². The maximum absolute atomic E-state index is 2.51. The molecule has 3 aromatic heterocycles. The van der Waals surface area contributed by atoms with Crippen molar-refractivity contribution in [1.82, 2.24) is 4.57 Å². The molecule has 50 heavy (non-hydrogen) atoms. The van der Waals surface area contributed by atoms with E-state index < -0.39 is 0 Å². The Kier molecular flexibility index (Phi) is 6.03. The molecule has 0 saturated heterocycles. The van der Waals surface area contributed by atoms with E-state index in [9.17, 15) is 0 Å². The average Bonchev–Trinajstić information content (AvgIpc) is 3.86. The van der Waals surface area contributed by atoms with Gasteiger partial charge in [-0.3, -0.25) is 0 Å². The molecule has 0 atom stereocenters. The highest BCUT2D eigenvalue weighted by molar-refractivity contribution is 7.27. The Balaban J connectivity index is 1.27. The molecule has 0 amide bonds. The van der Waals surface area contributed by atoms with Crippen LogP contribution in [0.3, 0.4) is 0 Å². The summed E-state index contributed by atoms with van der Waals surface area (Å²) in [6, 6.07) is 62.4. The van der Waals surface area contributed by atoms with Gasteiger partial charge in [-0.2, -0.15) is 0 Å². The monoisotopic (exact) mass is 672 g/mol. The second-order valence-corrected chi connectivity index (χ2v) is 15.0. The molecule has 0 bridgehead atoms. The minimum atomic E-state index is 1.14. The maximum Gasteiger partial charge on any atom is 0.0640 e. The Morgan fingerprint density at radius 3 is 1.64 bits per heavy atom. The van der Waals surface area contributed by atoms with Crippen molar-refractivity contribution < 1.29 is 0 Å². The first kappa shape index (κ1) is 28.0. The summed E-state index contributed by atoms with van der Waals surface area (Å²) in [5.41, 5.74) is 7.12. The fourth-order valence-electron chi connectivity index (χ4n) is 7.98. The van der Waals surface area contributed by atoms with Crippen molar-refractivity contribution in [2.45, 2.75) is 0 Å². The Labute approximate surface area is 296 Å². The number of aromatic nitrogens is 1. The first-order valence-electron chi connectivity index (χ1n) is 16.9. The molecule has 2 nitrogen and oxygen atoms in total. The summed E-state index contributed by atoms with van der Waals surface area (Å²) in [6.45, 7) is 0. The summed E-state index contributed by atoms with van der Waals surface area (Å²) in [5, 5.41) is 10.2. The normalized spacial score (nSPS) is 12.0. The molecule has 0 aliphatic rings. The fraction of sp³-hybridized carbons (Fsp3) is 0. The van der Waals surface area contributed by atoms with Crippen LogP contribution in [0, 0.1) is 0 Å². The molecule has 0 aliphatic heterocycles. The van der Waals surface area contributed by atoms with E-state index >= 15 is 0 Å². The maximum atomic E-state index is 2.51. The van der Waals surface area contributed by atoms with Gasteiger partial charge in [-0.05, 0) is 53.9 Å². The summed E-state index contributed by atoms with van der Waals surface area (Å²) >= 11 is 3.76. The Morgan fingerprint density at radius 2 is 0.960 bits per heavy atom. The third kappa shape index (κ3) is 4.01. The van der Waals surface area contributed by atoms with Gasteiger partial charge in [0.2, 0.25) is 0 Å². The highest BCUT2D eigenvalue weighted by Gasteiger charge is 2.23. The van der Waals surface area contributed by atoms with Crippen LogP contribution in [-0.2, 0) is 0 Å². The van der Waals surface area contributed by atoms with Crippen LogP contribution in [0.4, 0.5) is 17.1 Å². The summed E-state index contributed by atoms with van der Waals surface area (Å²) in [5.74, 6) is 0. The van der Waals surface area contributed by atoms with E-state index in [0.29, 0.717) is 0 Å². The topological polar surface area (TPSA) is 8.17 Å². The number of thiophene rings is 2. The second-order valence-electron chi connectivity index (χ2n) is 12.9. The van der Waals surface area contributed by atoms with Crippen molar-refractivity contribution in [2.24, 2.45) is 0 Å². The molecule has 0 saturated carbocycles. The number of para-hydroxylation sites is 1. The van der Waals surface area contributed by atoms with Crippen molar-refractivity contribution >= 4 is 113 Å². The SMILES string of the molecule is c1ccc(-n2c3cc(N(c4cccc5c4sc4ccccc45)c4cccc5c4sc4ccccc45)ccc3c3ccc4ccccc4c32)cc1. The van der Waals surface area contributed by atoms with Gasteiger partial charge in [0.1, 0.15) is 0 Å². The van der Waals surface area contributed by atoms with Gasteiger partial charge in [0, 0.05) is 58.5 Å². The lowest BCUT2D eigenvalue weighted by molar-refractivity contribution is 1.18. The van der Waals surface area contributed by atoms with Gasteiger partial charge in [-0.25, -0.2) is 0 Å². The van der Waals surface area contributed by atoms with E-state index in [4.69, 9.17) is 0 Å². The largest absolute Gasteiger partial charge is 0.309 e. The number of fused-ring (bicyclic) bond motifs is 11. The first-order chi connectivity index (χ1) is 24.8. The molecule has 0 aliphatic carbocycles. The van der Waals surface area contributed by atoms with Crippen molar-refractivity contribution in [3.8, 4) is 5.69 Å². The number of anilines is 3. The molecule has 0 fully saturated rings. The van der Waals surface area contributed by atoms with Crippen LogP contribution in [0.1, 0.15) is 0 Å². The summed E-state index contributed by atoms with van der Waals surface area (Å²) < 4.78 is 7.67. The number of hydrogen-bond donors (Lipinski definition) is 0. The van der Waals surface area contributed by atoms with Gasteiger partial charge >= 0.3 is 0 Å². The number of nitrogens with zero attached hydrogens (tertiary/aromatic N) is 2. The minimum Gasteiger partial charge on any atom is -0.309 e. The molecule has 234 valence electrons. The number of benzene rings is 8. The summed E-state index contributed by atoms with van der Waals surface area (Å²) in [7, 11) is 0. The highest BCUT2D eigenvalue weighted by atomic mass is 32.1. The molecular formula is C46H28N2S2. The third-order valence-corrected chi connectivity index (χ3v) is 12.6. The standard InChI is InChI=1S/C46H28N2S2/c1-2-13-30(14-3-1)48-41-28-31(25-27-33(41)36-26-24-29-12-4-5-15-32(29)44(36)48)47(39-20-10-18-37-34-16-6-8-22-42(34)49-45(37)39)40-21-11-19-38-35-17-7-9-23-43(35)50-46(38)40/h1-28H. The smallest absolute Gasteiger partial charge is 0.0640 e. The lowest BCUT2D eigenvalue weighted by Crippen LogP contribution is -2.10. The quantitative estimate of drug-likeness (QED) is 0.181. The molecule has 4 heteroatoms. The van der Waals surface area contributed by atoms with E-state index in [1.165, 1.54) is 84.3 Å². The zero-order valence-corrected chi connectivity index (χ0v) is 28.5. The molecule has 11 aromatic rings. The minimum absolute atomic E-state index is 1.14. The highest BCUT2D eigenvalue weighted by Crippen LogP contribution is 2.49. The first-order valence-corrected chi connectivity index (χ1v) is 18.6. The van der Waals surface area contributed by atoms with Crippen molar-refractivity contribution in [3.05, 3.63) is 170 Å². The number of hydrogen-bond acceptors (Lipinski definition) is 3. The second kappa shape index (κ2) is 10.8. The van der Waals surface area contributed by atoms with Crippen LogP contribution in [0.25, 0.3) is 78.6 Å². The predicted octanol–water partition coefficient (Wildman–Crippen LogP) is 14.1. The van der Waals surface area contributed by atoms with Gasteiger partial charge in [0.05, 0.1) is 31.8 Å². The zero-order chi connectivity index (χ0) is 32.8.